The van der Waals surface area contributed by atoms with Gasteiger partial charge < -0.3 is 11.5 Å². The number of hydrogen-bond acceptors (Lipinski definition) is 6. The fraction of sp³-hybridized carbons (Fsp3) is 0.333. The number of aromatic nitrogens is 3. The molecule has 8 nitrogen and oxygen atoms in total. The Morgan fingerprint density at radius 3 is 2.63 bits per heavy atom. The standard InChI is InChI=1S/C18H19F3N6O2S/c1-10-2-3-12(30(28,29)26-5-4-11(22)8-26)6-13(10)14-7-24-17-16(23)25-15(9-27(14)17)18(19,20)21/h2-3,6-7,9,11H,4-5,8,22H2,1H3,(H2,23,25)/t11-/m0/s1. The van der Waals surface area contributed by atoms with Gasteiger partial charge in [0, 0.05) is 30.9 Å². The first-order chi connectivity index (χ1) is 14.0. The van der Waals surface area contributed by atoms with Crippen LogP contribution in [-0.2, 0) is 16.2 Å². The van der Waals surface area contributed by atoms with E-state index in [0.717, 1.165) is 6.20 Å². The van der Waals surface area contributed by atoms with Crippen molar-refractivity contribution in [2.24, 2.45) is 5.73 Å². The smallest absolute Gasteiger partial charge is 0.381 e. The van der Waals surface area contributed by atoms with Crippen LogP contribution in [-0.4, -0.2) is 46.2 Å². The zero-order valence-corrected chi connectivity index (χ0v) is 16.7. The Bertz CT molecular complexity index is 1240. The molecule has 1 fully saturated rings. The van der Waals surface area contributed by atoms with Gasteiger partial charge in [-0.25, -0.2) is 18.4 Å². The van der Waals surface area contributed by atoms with Gasteiger partial charge in [0.15, 0.2) is 17.2 Å². The molecule has 0 unspecified atom stereocenters. The maximum Gasteiger partial charge on any atom is 0.434 e. The summed E-state index contributed by atoms with van der Waals surface area (Å²) in [6, 6.07) is 4.28. The second-order valence-electron chi connectivity index (χ2n) is 7.23. The number of halogens is 3. The van der Waals surface area contributed by atoms with Crippen LogP contribution in [0.3, 0.4) is 0 Å². The lowest BCUT2D eigenvalue weighted by atomic mass is 10.1. The fourth-order valence-corrected chi connectivity index (χ4v) is 5.05. The number of hydrogen-bond donors (Lipinski definition) is 2. The predicted molar refractivity (Wildman–Crippen MR) is 104 cm³/mol. The zero-order valence-electron chi connectivity index (χ0n) is 15.9. The first kappa shape index (κ1) is 20.6. The van der Waals surface area contributed by atoms with E-state index in [2.05, 4.69) is 9.97 Å². The van der Waals surface area contributed by atoms with Gasteiger partial charge in [-0.2, -0.15) is 17.5 Å². The van der Waals surface area contributed by atoms with Gasteiger partial charge in [-0.15, -0.1) is 0 Å². The Hall–Kier alpha value is -2.70. The summed E-state index contributed by atoms with van der Waals surface area (Å²) >= 11 is 0. The molecule has 1 aliphatic rings. The van der Waals surface area contributed by atoms with Crippen LogP contribution < -0.4 is 11.5 Å². The highest BCUT2D eigenvalue weighted by molar-refractivity contribution is 7.89. The van der Waals surface area contributed by atoms with E-state index in [4.69, 9.17) is 11.5 Å². The SMILES string of the molecule is Cc1ccc(S(=O)(=O)N2CC[C@H](N)C2)cc1-c1cnc2c(N)nc(C(F)(F)F)cn12. The molecule has 3 aromatic rings. The lowest BCUT2D eigenvalue weighted by Gasteiger charge is -2.17. The van der Waals surface area contributed by atoms with Gasteiger partial charge >= 0.3 is 6.18 Å². The maximum atomic E-state index is 13.2. The number of fused-ring (bicyclic) bond motifs is 1. The molecule has 4 rings (SSSR count). The molecule has 160 valence electrons. The van der Waals surface area contributed by atoms with Crippen LogP contribution in [0, 0.1) is 6.92 Å². The summed E-state index contributed by atoms with van der Waals surface area (Å²) in [7, 11) is -3.79. The summed E-state index contributed by atoms with van der Waals surface area (Å²) in [4.78, 5) is 7.48. The van der Waals surface area contributed by atoms with Crippen molar-refractivity contribution in [2.45, 2.75) is 30.5 Å². The molecule has 1 atom stereocenters. The number of nitrogens with zero attached hydrogens (tertiary/aromatic N) is 4. The molecular formula is C18H19F3N6O2S. The maximum absolute atomic E-state index is 13.2. The molecule has 0 spiro atoms. The number of rotatable bonds is 3. The van der Waals surface area contributed by atoms with E-state index in [1.54, 1.807) is 13.0 Å². The first-order valence-corrected chi connectivity index (χ1v) is 10.5. The Balaban J connectivity index is 1.86. The number of imidazole rings is 1. The molecule has 30 heavy (non-hydrogen) atoms. The van der Waals surface area contributed by atoms with E-state index < -0.39 is 21.9 Å². The molecule has 0 radical (unpaired) electrons. The lowest BCUT2D eigenvalue weighted by Crippen LogP contribution is -2.32. The summed E-state index contributed by atoms with van der Waals surface area (Å²) in [6.45, 7) is 2.27. The second kappa shape index (κ2) is 6.93. The summed E-state index contributed by atoms with van der Waals surface area (Å²) < 4.78 is 68.0. The van der Waals surface area contributed by atoms with Crippen LogP contribution in [0.2, 0.25) is 0 Å². The molecule has 1 aliphatic heterocycles. The van der Waals surface area contributed by atoms with Gasteiger partial charge in [0.1, 0.15) is 0 Å². The monoisotopic (exact) mass is 440 g/mol. The Morgan fingerprint density at radius 2 is 2.00 bits per heavy atom. The Morgan fingerprint density at radius 1 is 1.27 bits per heavy atom. The molecule has 0 bridgehead atoms. The number of anilines is 1. The summed E-state index contributed by atoms with van der Waals surface area (Å²) in [6.07, 6.45) is -1.98. The molecule has 4 N–H and O–H groups in total. The van der Waals surface area contributed by atoms with E-state index in [0.29, 0.717) is 24.1 Å². The molecule has 0 saturated carbocycles. The number of alkyl halides is 3. The van der Waals surface area contributed by atoms with Crippen molar-refractivity contribution in [3.63, 3.8) is 0 Å². The van der Waals surface area contributed by atoms with Crippen molar-refractivity contribution >= 4 is 21.5 Å². The minimum absolute atomic E-state index is 0.0326. The highest BCUT2D eigenvalue weighted by Crippen LogP contribution is 2.33. The molecular weight excluding hydrogens is 421 g/mol. The second-order valence-corrected chi connectivity index (χ2v) is 9.17. The quantitative estimate of drug-likeness (QED) is 0.643. The zero-order chi connectivity index (χ0) is 21.8. The summed E-state index contributed by atoms with van der Waals surface area (Å²) in [5.41, 5.74) is 11.7. The van der Waals surface area contributed by atoms with Gasteiger partial charge in [0.25, 0.3) is 0 Å². The highest BCUT2D eigenvalue weighted by Gasteiger charge is 2.34. The molecule has 0 aliphatic carbocycles. The van der Waals surface area contributed by atoms with Crippen LogP contribution in [0.1, 0.15) is 17.7 Å². The van der Waals surface area contributed by atoms with Gasteiger partial charge in [-0.05, 0) is 31.0 Å². The third-order valence-electron chi connectivity index (χ3n) is 5.12. The normalized spacial score (nSPS) is 18.4. The Kier molecular flexibility index (Phi) is 4.75. The molecule has 1 saturated heterocycles. The Labute approximate surface area is 170 Å². The topological polar surface area (TPSA) is 120 Å². The molecule has 12 heteroatoms. The van der Waals surface area contributed by atoms with Gasteiger partial charge in [-0.1, -0.05) is 6.07 Å². The van der Waals surface area contributed by atoms with Crippen molar-refractivity contribution in [3.8, 4) is 11.3 Å². The third kappa shape index (κ3) is 3.40. The summed E-state index contributed by atoms with van der Waals surface area (Å²) in [5.74, 6) is -0.372. The van der Waals surface area contributed by atoms with Crippen molar-refractivity contribution in [1.82, 2.24) is 18.7 Å². The van der Waals surface area contributed by atoms with Gasteiger partial charge in [0.05, 0.1) is 16.8 Å². The largest absolute Gasteiger partial charge is 0.434 e. The number of aryl methyl sites for hydroxylation is 1. The van der Waals surface area contributed by atoms with Crippen LogP contribution in [0.25, 0.3) is 16.9 Å². The molecule has 3 heterocycles. The van der Waals surface area contributed by atoms with Crippen LogP contribution in [0.5, 0.6) is 0 Å². The van der Waals surface area contributed by atoms with Crippen LogP contribution in [0.15, 0.2) is 35.5 Å². The number of sulfonamides is 1. The van der Waals surface area contributed by atoms with E-state index >= 15 is 0 Å². The molecule has 2 aromatic heterocycles. The highest BCUT2D eigenvalue weighted by atomic mass is 32.2. The van der Waals surface area contributed by atoms with Crippen molar-refractivity contribution in [2.75, 3.05) is 18.8 Å². The van der Waals surface area contributed by atoms with E-state index in [9.17, 15) is 21.6 Å². The minimum Gasteiger partial charge on any atom is -0.381 e. The van der Waals surface area contributed by atoms with Crippen molar-refractivity contribution < 1.29 is 21.6 Å². The van der Waals surface area contributed by atoms with E-state index in [1.165, 1.54) is 27.0 Å². The molecule has 1 aromatic carbocycles. The number of nitrogens with two attached hydrogens (primary N) is 2. The molecule has 0 amide bonds. The third-order valence-corrected chi connectivity index (χ3v) is 6.98. The average Bonchev–Trinajstić information content (AvgIpc) is 3.28. The van der Waals surface area contributed by atoms with Crippen molar-refractivity contribution in [1.29, 1.82) is 0 Å². The lowest BCUT2D eigenvalue weighted by molar-refractivity contribution is -0.141. The van der Waals surface area contributed by atoms with Crippen LogP contribution >= 0.6 is 0 Å². The summed E-state index contributed by atoms with van der Waals surface area (Å²) in [5, 5.41) is 0. The van der Waals surface area contributed by atoms with Gasteiger partial charge in [0.2, 0.25) is 10.0 Å². The number of nitrogen functional groups attached to an aromatic ring is 1. The van der Waals surface area contributed by atoms with E-state index in [-0.39, 0.29) is 34.6 Å². The van der Waals surface area contributed by atoms with Gasteiger partial charge in [-0.3, -0.25) is 4.40 Å². The number of benzene rings is 1. The average molecular weight is 440 g/mol. The first-order valence-electron chi connectivity index (χ1n) is 9.06. The van der Waals surface area contributed by atoms with Crippen LogP contribution in [0.4, 0.5) is 19.0 Å². The fourth-order valence-electron chi connectivity index (χ4n) is 3.51. The van der Waals surface area contributed by atoms with Crippen molar-refractivity contribution in [3.05, 3.63) is 41.9 Å². The van der Waals surface area contributed by atoms with E-state index in [1.807, 2.05) is 0 Å². The predicted octanol–water partition coefficient (Wildman–Crippen LogP) is 2.03. The minimum atomic E-state index is -4.70.